The van der Waals surface area contributed by atoms with Gasteiger partial charge < -0.3 is 10.0 Å². The van der Waals surface area contributed by atoms with Crippen LogP contribution in [0.5, 0.6) is 5.75 Å². The predicted octanol–water partition coefficient (Wildman–Crippen LogP) is 2.91. The first-order valence-electron chi connectivity index (χ1n) is 8.12. The van der Waals surface area contributed by atoms with Crippen molar-refractivity contribution >= 4 is 23.5 Å². The minimum absolute atomic E-state index is 0.215. The van der Waals surface area contributed by atoms with Crippen LogP contribution in [0.1, 0.15) is 29.8 Å². The summed E-state index contributed by atoms with van der Waals surface area (Å²) in [5.74, 6) is -1.09. The van der Waals surface area contributed by atoms with E-state index in [0.29, 0.717) is 0 Å². The second kappa shape index (κ2) is 8.61. The molecule has 0 saturated carbocycles. The third-order valence-electron chi connectivity index (χ3n) is 3.84. The molecule has 0 unspecified atom stereocenters. The molecule has 0 fully saturated rings. The number of hydrogen-bond donors (Lipinski definition) is 2. The maximum Gasteiger partial charge on any atom is 0.275 e. The first kappa shape index (κ1) is 18.9. The van der Waals surface area contributed by atoms with Crippen molar-refractivity contribution in [2.24, 2.45) is 5.10 Å². The van der Waals surface area contributed by atoms with Gasteiger partial charge in [0.2, 0.25) is 0 Å². The lowest BCUT2D eigenvalue weighted by atomic mass is 10.1. The van der Waals surface area contributed by atoms with Crippen molar-refractivity contribution < 1.29 is 14.8 Å². The molecule has 0 aliphatic rings. The van der Waals surface area contributed by atoms with E-state index in [1.54, 1.807) is 0 Å². The number of benzene rings is 2. The number of aromatic hydroxyl groups is 1. The number of carbonyl (C=O) groups excluding carboxylic acids is 1. The van der Waals surface area contributed by atoms with Crippen molar-refractivity contribution in [2.45, 2.75) is 13.8 Å². The van der Waals surface area contributed by atoms with Crippen LogP contribution < -0.4 is 10.3 Å². The summed E-state index contributed by atoms with van der Waals surface area (Å²) in [5.41, 5.74) is 3.63. The molecule has 0 radical (unpaired) electrons. The van der Waals surface area contributed by atoms with Crippen molar-refractivity contribution in [1.82, 2.24) is 5.43 Å². The van der Waals surface area contributed by atoms with E-state index in [9.17, 15) is 20.0 Å². The van der Waals surface area contributed by atoms with Crippen LogP contribution in [0.15, 0.2) is 47.6 Å². The Kier molecular flexibility index (Phi) is 6.26. The summed E-state index contributed by atoms with van der Waals surface area (Å²) in [6, 6.07) is 10.9. The second-order valence-electron chi connectivity index (χ2n) is 5.42. The van der Waals surface area contributed by atoms with Gasteiger partial charge >= 0.3 is 0 Å². The molecule has 2 aromatic rings. The quantitative estimate of drug-likeness (QED) is 0.450. The Morgan fingerprint density at radius 1 is 1.23 bits per heavy atom. The maximum absolute atomic E-state index is 12.0. The van der Waals surface area contributed by atoms with E-state index in [1.165, 1.54) is 6.21 Å². The molecule has 1 amide bonds. The molecular weight excluding hydrogens is 336 g/mol. The molecule has 0 bridgehead atoms. The monoisotopic (exact) mass is 356 g/mol. The zero-order valence-electron chi connectivity index (χ0n) is 14.5. The number of hydrogen-bond acceptors (Lipinski definition) is 6. The van der Waals surface area contributed by atoms with Crippen LogP contribution in [0.3, 0.4) is 0 Å². The highest BCUT2D eigenvalue weighted by Crippen LogP contribution is 2.22. The van der Waals surface area contributed by atoms with E-state index < -0.39 is 10.8 Å². The summed E-state index contributed by atoms with van der Waals surface area (Å²) in [4.78, 5) is 24.4. The highest BCUT2D eigenvalue weighted by Gasteiger charge is 2.16. The molecule has 0 atom stereocenters. The van der Waals surface area contributed by atoms with Gasteiger partial charge in [0.1, 0.15) is 5.75 Å². The first-order valence-corrected chi connectivity index (χ1v) is 8.12. The predicted molar refractivity (Wildman–Crippen MR) is 99.8 cm³/mol. The smallest absolute Gasteiger partial charge is 0.275 e. The van der Waals surface area contributed by atoms with Gasteiger partial charge in [0, 0.05) is 30.9 Å². The molecule has 0 spiro atoms. The summed E-state index contributed by atoms with van der Waals surface area (Å²) < 4.78 is 0. The minimum atomic E-state index is -0.734. The van der Waals surface area contributed by atoms with E-state index in [0.717, 1.165) is 42.5 Å². The molecule has 8 nitrogen and oxygen atoms in total. The third-order valence-corrected chi connectivity index (χ3v) is 3.84. The number of nitro groups is 1. The lowest BCUT2D eigenvalue weighted by molar-refractivity contribution is -0.384. The van der Waals surface area contributed by atoms with Gasteiger partial charge in [0.05, 0.1) is 16.7 Å². The number of nitrogens with one attached hydrogen (secondary N) is 1. The maximum atomic E-state index is 12.0. The SMILES string of the molecule is CCN(CC)c1ccc(C=NNC(=O)c2cc([N+](=O)[O-])ccc2O)cc1. The van der Waals surface area contributed by atoms with Crippen molar-refractivity contribution in [3.8, 4) is 5.75 Å². The van der Waals surface area contributed by atoms with Gasteiger partial charge in [0.15, 0.2) is 0 Å². The van der Waals surface area contributed by atoms with E-state index in [1.807, 2.05) is 24.3 Å². The van der Waals surface area contributed by atoms with Gasteiger partial charge in [-0.1, -0.05) is 12.1 Å². The molecule has 0 heterocycles. The average Bonchev–Trinajstić information content (AvgIpc) is 2.64. The van der Waals surface area contributed by atoms with Crippen LogP contribution in [0.25, 0.3) is 0 Å². The second-order valence-corrected chi connectivity index (χ2v) is 5.42. The third kappa shape index (κ3) is 4.56. The Morgan fingerprint density at radius 3 is 2.46 bits per heavy atom. The van der Waals surface area contributed by atoms with E-state index in [-0.39, 0.29) is 17.0 Å². The molecule has 2 rings (SSSR count). The highest BCUT2D eigenvalue weighted by molar-refractivity contribution is 5.98. The summed E-state index contributed by atoms with van der Waals surface area (Å²) in [6.45, 7) is 5.98. The Bertz CT molecular complexity index is 814. The molecule has 0 aliphatic heterocycles. The highest BCUT2D eigenvalue weighted by atomic mass is 16.6. The fourth-order valence-corrected chi connectivity index (χ4v) is 2.41. The number of hydrazone groups is 1. The number of amides is 1. The fraction of sp³-hybridized carbons (Fsp3) is 0.222. The Hall–Kier alpha value is -3.42. The number of rotatable bonds is 7. The summed E-state index contributed by atoms with van der Waals surface area (Å²) in [7, 11) is 0. The number of non-ortho nitro benzene ring substituents is 1. The molecule has 0 aromatic heterocycles. The van der Waals surface area contributed by atoms with Crippen molar-refractivity contribution in [1.29, 1.82) is 0 Å². The number of anilines is 1. The topological polar surface area (TPSA) is 108 Å². The lowest BCUT2D eigenvalue weighted by Gasteiger charge is -2.20. The zero-order chi connectivity index (χ0) is 19.1. The number of carbonyl (C=O) groups is 1. The van der Waals surface area contributed by atoms with Crippen LogP contribution in [0, 0.1) is 10.1 Å². The number of nitrogens with zero attached hydrogens (tertiary/aromatic N) is 3. The van der Waals surface area contributed by atoms with Crippen molar-refractivity contribution in [3.05, 3.63) is 63.7 Å². The van der Waals surface area contributed by atoms with E-state index in [2.05, 4.69) is 29.3 Å². The van der Waals surface area contributed by atoms with Gasteiger partial charge in [-0.25, -0.2) is 5.43 Å². The lowest BCUT2D eigenvalue weighted by Crippen LogP contribution is -2.21. The van der Waals surface area contributed by atoms with Crippen LogP contribution in [-0.4, -0.2) is 35.2 Å². The number of nitro benzene ring substituents is 1. The standard InChI is InChI=1S/C18H20N4O4/c1-3-21(4-2)14-7-5-13(6-8-14)12-19-20-18(24)16-11-15(22(25)26)9-10-17(16)23/h5-12,23H,3-4H2,1-2H3,(H,20,24). The van der Waals surface area contributed by atoms with E-state index >= 15 is 0 Å². The fourth-order valence-electron chi connectivity index (χ4n) is 2.41. The van der Waals surface area contributed by atoms with Crippen molar-refractivity contribution in [2.75, 3.05) is 18.0 Å². The molecule has 2 aromatic carbocycles. The summed E-state index contributed by atoms with van der Waals surface area (Å²) >= 11 is 0. The molecule has 2 N–H and O–H groups in total. The zero-order valence-corrected chi connectivity index (χ0v) is 14.5. The van der Waals surface area contributed by atoms with Crippen LogP contribution in [0.2, 0.25) is 0 Å². The molecule has 26 heavy (non-hydrogen) atoms. The minimum Gasteiger partial charge on any atom is -0.507 e. The van der Waals surface area contributed by atoms with Gasteiger partial charge in [0.25, 0.3) is 11.6 Å². The average molecular weight is 356 g/mol. The van der Waals surface area contributed by atoms with Gasteiger partial charge in [-0.15, -0.1) is 0 Å². The summed E-state index contributed by atoms with van der Waals surface area (Å²) in [5, 5.41) is 24.3. The van der Waals surface area contributed by atoms with Gasteiger partial charge in [-0.2, -0.15) is 5.10 Å². The van der Waals surface area contributed by atoms with Crippen LogP contribution in [0.4, 0.5) is 11.4 Å². The Morgan fingerprint density at radius 2 is 1.88 bits per heavy atom. The number of phenolic OH excluding ortho intramolecular Hbond substituents is 1. The van der Waals surface area contributed by atoms with Crippen molar-refractivity contribution in [3.63, 3.8) is 0 Å². The number of phenols is 1. The van der Waals surface area contributed by atoms with Gasteiger partial charge in [-0.3, -0.25) is 14.9 Å². The van der Waals surface area contributed by atoms with Crippen LogP contribution >= 0.6 is 0 Å². The molecule has 136 valence electrons. The Labute approximate surface area is 150 Å². The molecule has 0 aliphatic carbocycles. The van der Waals surface area contributed by atoms with E-state index in [4.69, 9.17) is 0 Å². The van der Waals surface area contributed by atoms with Gasteiger partial charge in [-0.05, 0) is 37.6 Å². The molecule has 0 saturated heterocycles. The molecular formula is C18H20N4O4. The normalized spacial score (nSPS) is 10.7. The van der Waals surface area contributed by atoms with Crippen LogP contribution in [-0.2, 0) is 0 Å². The molecule has 8 heteroatoms. The largest absolute Gasteiger partial charge is 0.507 e. The first-order chi connectivity index (χ1) is 12.5. The summed E-state index contributed by atoms with van der Waals surface area (Å²) in [6.07, 6.45) is 1.46. The Balaban J connectivity index is 2.05.